The van der Waals surface area contributed by atoms with Gasteiger partial charge in [0.25, 0.3) is 5.91 Å². The molecule has 0 aliphatic rings. The number of ether oxygens (including phenoxy) is 1. The van der Waals surface area contributed by atoms with Crippen molar-refractivity contribution in [2.75, 3.05) is 11.9 Å². The smallest absolute Gasteiger partial charge is 0.257 e. The fourth-order valence-electron chi connectivity index (χ4n) is 3.26. The molecule has 0 radical (unpaired) electrons. The number of anilines is 1. The highest BCUT2D eigenvalue weighted by molar-refractivity contribution is 7.80. The molecule has 0 bridgehead atoms. The first kappa shape index (κ1) is 23.3. The van der Waals surface area contributed by atoms with Crippen LogP contribution in [0.5, 0.6) is 5.75 Å². The zero-order chi connectivity index (χ0) is 24.1. The van der Waals surface area contributed by atoms with Crippen molar-refractivity contribution in [1.29, 1.82) is 0 Å². The molecule has 0 aliphatic carbocycles. The summed E-state index contributed by atoms with van der Waals surface area (Å²) in [6.07, 6.45) is 2.04. The summed E-state index contributed by atoms with van der Waals surface area (Å²) in [6.45, 7) is 4.66. The van der Waals surface area contributed by atoms with Crippen LogP contribution in [0.4, 0.5) is 10.1 Å². The van der Waals surface area contributed by atoms with Crippen molar-refractivity contribution in [1.82, 2.24) is 20.3 Å². The second-order valence-electron chi connectivity index (χ2n) is 7.76. The zero-order valence-electron chi connectivity index (χ0n) is 18.8. The molecule has 7 nitrogen and oxygen atoms in total. The third kappa shape index (κ3) is 5.55. The Labute approximate surface area is 201 Å². The van der Waals surface area contributed by atoms with E-state index in [0.717, 1.165) is 24.2 Å². The molecule has 0 spiro atoms. The van der Waals surface area contributed by atoms with Gasteiger partial charge in [-0.15, -0.1) is 10.2 Å². The molecule has 1 aromatic heterocycles. The number of nitrogens with zero attached hydrogens (tertiary/aromatic N) is 3. The Morgan fingerprint density at radius 1 is 1.06 bits per heavy atom. The van der Waals surface area contributed by atoms with Crippen LogP contribution in [0, 0.1) is 12.7 Å². The van der Waals surface area contributed by atoms with E-state index in [-0.39, 0.29) is 16.8 Å². The topological polar surface area (TPSA) is 81.1 Å². The standard InChI is InChI=1S/C25H24FN5O2S/c1-3-4-13-33-20-11-5-17(6-12-20)24(32)28-25(34)27-21-15-23-22(14-16(21)2)29-31(30-23)19-9-7-18(26)8-10-19/h5-12,14-15H,3-4,13H2,1-2H3,(H2,27,28,32,34). The second kappa shape index (κ2) is 10.4. The molecular formula is C25H24FN5O2S. The molecule has 0 saturated carbocycles. The Bertz CT molecular complexity index is 1320. The maximum absolute atomic E-state index is 13.2. The number of benzene rings is 3. The highest BCUT2D eigenvalue weighted by Gasteiger charge is 2.12. The number of halogens is 1. The number of hydrogen-bond acceptors (Lipinski definition) is 5. The normalized spacial score (nSPS) is 10.8. The number of hydrogen-bond donors (Lipinski definition) is 2. The monoisotopic (exact) mass is 477 g/mol. The van der Waals surface area contributed by atoms with Gasteiger partial charge in [0, 0.05) is 11.3 Å². The van der Waals surface area contributed by atoms with E-state index in [9.17, 15) is 9.18 Å². The number of aryl methyl sites for hydroxylation is 1. The molecule has 0 saturated heterocycles. The molecule has 0 fully saturated rings. The summed E-state index contributed by atoms with van der Waals surface area (Å²) < 4.78 is 18.8. The summed E-state index contributed by atoms with van der Waals surface area (Å²) in [5, 5.41) is 14.8. The number of nitrogens with one attached hydrogen (secondary N) is 2. The third-order valence-corrected chi connectivity index (χ3v) is 5.35. The van der Waals surface area contributed by atoms with Crippen LogP contribution in [0.1, 0.15) is 35.7 Å². The number of rotatable bonds is 7. The van der Waals surface area contributed by atoms with Crippen LogP contribution in [-0.2, 0) is 0 Å². The molecule has 3 aromatic carbocycles. The average molecular weight is 478 g/mol. The molecular weight excluding hydrogens is 453 g/mol. The van der Waals surface area contributed by atoms with Crippen molar-refractivity contribution in [3.05, 3.63) is 77.6 Å². The van der Waals surface area contributed by atoms with Gasteiger partial charge in [0.1, 0.15) is 22.6 Å². The highest BCUT2D eigenvalue weighted by Crippen LogP contribution is 2.22. The minimum atomic E-state index is -0.324. The summed E-state index contributed by atoms with van der Waals surface area (Å²) in [5.41, 5.74) is 4.01. The summed E-state index contributed by atoms with van der Waals surface area (Å²) in [6, 6.07) is 16.5. The zero-order valence-corrected chi connectivity index (χ0v) is 19.7. The van der Waals surface area contributed by atoms with E-state index < -0.39 is 0 Å². The van der Waals surface area contributed by atoms with Gasteiger partial charge in [0.15, 0.2) is 5.11 Å². The van der Waals surface area contributed by atoms with Crippen LogP contribution in [0.15, 0.2) is 60.7 Å². The summed E-state index contributed by atoms with van der Waals surface area (Å²) in [4.78, 5) is 14.0. The van der Waals surface area contributed by atoms with Crippen LogP contribution in [0.25, 0.3) is 16.7 Å². The largest absolute Gasteiger partial charge is 0.494 e. The van der Waals surface area contributed by atoms with Gasteiger partial charge < -0.3 is 10.1 Å². The number of carbonyl (C=O) groups excluding carboxylic acids is 1. The maximum Gasteiger partial charge on any atom is 0.257 e. The van der Waals surface area contributed by atoms with Crippen LogP contribution in [0.3, 0.4) is 0 Å². The minimum Gasteiger partial charge on any atom is -0.494 e. The van der Waals surface area contributed by atoms with Crippen molar-refractivity contribution in [3.8, 4) is 11.4 Å². The van der Waals surface area contributed by atoms with Crippen molar-refractivity contribution < 1.29 is 13.9 Å². The summed E-state index contributed by atoms with van der Waals surface area (Å²) in [7, 11) is 0. The highest BCUT2D eigenvalue weighted by atomic mass is 32.1. The Morgan fingerprint density at radius 3 is 2.41 bits per heavy atom. The van der Waals surface area contributed by atoms with Gasteiger partial charge in [-0.1, -0.05) is 13.3 Å². The lowest BCUT2D eigenvalue weighted by Crippen LogP contribution is -2.34. The molecule has 0 unspecified atom stereocenters. The maximum atomic E-state index is 13.2. The molecule has 1 amide bonds. The fraction of sp³-hybridized carbons (Fsp3) is 0.200. The Morgan fingerprint density at radius 2 is 1.74 bits per heavy atom. The molecule has 4 aromatic rings. The Balaban J connectivity index is 1.42. The first-order valence-electron chi connectivity index (χ1n) is 10.9. The molecule has 0 aliphatic heterocycles. The number of unbranched alkanes of at least 4 members (excludes halogenated alkanes) is 1. The predicted molar refractivity (Wildman–Crippen MR) is 134 cm³/mol. The molecule has 0 atom stereocenters. The lowest BCUT2D eigenvalue weighted by molar-refractivity contribution is 0.0977. The lowest BCUT2D eigenvalue weighted by atomic mass is 10.2. The summed E-state index contributed by atoms with van der Waals surface area (Å²) >= 11 is 5.34. The van der Waals surface area contributed by atoms with Gasteiger partial charge in [-0.25, -0.2) is 4.39 Å². The number of fused-ring (bicyclic) bond motifs is 1. The van der Waals surface area contributed by atoms with Crippen LogP contribution in [0.2, 0.25) is 0 Å². The molecule has 34 heavy (non-hydrogen) atoms. The van der Waals surface area contributed by atoms with E-state index >= 15 is 0 Å². The van der Waals surface area contributed by atoms with E-state index in [1.165, 1.54) is 16.9 Å². The molecule has 1 heterocycles. The molecule has 9 heteroatoms. The van der Waals surface area contributed by atoms with Crippen molar-refractivity contribution >= 4 is 40.0 Å². The Hall–Kier alpha value is -3.85. The molecule has 174 valence electrons. The Kier molecular flexibility index (Phi) is 7.12. The van der Waals surface area contributed by atoms with Gasteiger partial charge in [-0.2, -0.15) is 4.80 Å². The SMILES string of the molecule is CCCCOc1ccc(C(=O)NC(=S)Nc2cc3nn(-c4ccc(F)cc4)nc3cc2C)cc1. The van der Waals surface area contributed by atoms with Gasteiger partial charge in [-0.05, 0) is 91.8 Å². The molecule has 4 rings (SSSR count). The number of thiocarbonyl (C=S) groups is 1. The lowest BCUT2D eigenvalue weighted by Gasteiger charge is -2.12. The van der Waals surface area contributed by atoms with Crippen molar-refractivity contribution in [3.63, 3.8) is 0 Å². The van der Waals surface area contributed by atoms with Crippen LogP contribution < -0.4 is 15.4 Å². The van der Waals surface area contributed by atoms with E-state index in [1.807, 2.05) is 13.0 Å². The van der Waals surface area contributed by atoms with E-state index in [2.05, 4.69) is 27.8 Å². The van der Waals surface area contributed by atoms with E-state index in [0.29, 0.717) is 34.6 Å². The van der Waals surface area contributed by atoms with Crippen LogP contribution in [-0.4, -0.2) is 32.6 Å². The molecule has 2 N–H and O–H groups in total. The first-order chi connectivity index (χ1) is 16.4. The average Bonchev–Trinajstić information content (AvgIpc) is 3.23. The minimum absolute atomic E-state index is 0.168. The number of carbonyl (C=O) groups is 1. The first-order valence-corrected chi connectivity index (χ1v) is 11.3. The van der Waals surface area contributed by atoms with Gasteiger partial charge in [0.2, 0.25) is 0 Å². The van der Waals surface area contributed by atoms with Crippen LogP contribution >= 0.6 is 12.2 Å². The third-order valence-electron chi connectivity index (χ3n) is 5.14. The fourth-order valence-corrected chi connectivity index (χ4v) is 3.46. The van der Waals surface area contributed by atoms with Gasteiger partial charge >= 0.3 is 0 Å². The number of aromatic nitrogens is 3. The second-order valence-corrected chi connectivity index (χ2v) is 8.16. The van der Waals surface area contributed by atoms with Gasteiger partial charge in [-0.3, -0.25) is 10.1 Å². The van der Waals surface area contributed by atoms with Gasteiger partial charge in [0.05, 0.1) is 12.3 Å². The quantitative estimate of drug-likeness (QED) is 0.282. The van der Waals surface area contributed by atoms with Crippen molar-refractivity contribution in [2.24, 2.45) is 0 Å². The summed E-state index contributed by atoms with van der Waals surface area (Å²) in [5.74, 6) is 0.0801. The van der Waals surface area contributed by atoms with E-state index in [1.54, 1.807) is 42.5 Å². The van der Waals surface area contributed by atoms with E-state index in [4.69, 9.17) is 17.0 Å². The number of amides is 1. The van der Waals surface area contributed by atoms with Crippen molar-refractivity contribution in [2.45, 2.75) is 26.7 Å². The predicted octanol–water partition coefficient (Wildman–Crippen LogP) is 5.17.